The van der Waals surface area contributed by atoms with Crippen LogP contribution in [0.2, 0.25) is 0 Å². The summed E-state index contributed by atoms with van der Waals surface area (Å²) in [5.41, 5.74) is 0.395. The fourth-order valence-corrected chi connectivity index (χ4v) is 2.62. The number of ketones is 1. The third kappa shape index (κ3) is 6.00. The van der Waals surface area contributed by atoms with E-state index in [0.29, 0.717) is 18.7 Å². The van der Waals surface area contributed by atoms with Crippen molar-refractivity contribution in [1.82, 2.24) is 10.0 Å². The smallest absolute Gasteiger partial charge is 0.240 e. The molecule has 1 aromatic rings. The van der Waals surface area contributed by atoms with Crippen LogP contribution in [0.25, 0.3) is 0 Å². The van der Waals surface area contributed by atoms with Gasteiger partial charge in [0.05, 0.1) is 4.90 Å². The van der Waals surface area contributed by atoms with Crippen molar-refractivity contribution in [2.24, 2.45) is 0 Å². The molecule has 0 atom stereocenters. The van der Waals surface area contributed by atoms with Gasteiger partial charge in [0.1, 0.15) is 0 Å². The first-order chi connectivity index (χ1) is 8.97. The number of halogens is 1. The molecule has 0 aliphatic rings. The minimum Gasteiger partial charge on any atom is -0.315 e. The van der Waals surface area contributed by atoms with E-state index in [1.54, 1.807) is 12.1 Å². The number of carbonyl (C=O) groups excluding carboxylic acids is 1. The van der Waals surface area contributed by atoms with Gasteiger partial charge >= 0.3 is 0 Å². The van der Waals surface area contributed by atoms with Gasteiger partial charge in [-0.1, -0.05) is 19.1 Å². The Labute approximate surface area is 126 Å². The lowest BCUT2D eigenvalue weighted by atomic mass is 10.2. The molecule has 0 aliphatic heterocycles. The fraction of sp³-hybridized carbons (Fsp3) is 0.462. The van der Waals surface area contributed by atoms with Crippen molar-refractivity contribution in [2.75, 3.05) is 19.6 Å². The van der Waals surface area contributed by atoms with Crippen molar-refractivity contribution in [3.8, 4) is 0 Å². The summed E-state index contributed by atoms with van der Waals surface area (Å²) in [5.74, 6) is -0.151. The van der Waals surface area contributed by atoms with E-state index in [4.69, 9.17) is 0 Å². The lowest BCUT2D eigenvalue weighted by Gasteiger charge is -2.08. The van der Waals surface area contributed by atoms with Gasteiger partial charge in [0.25, 0.3) is 0 Å². The molecule has 0 heterocycles. The monoisotopic (exact) mass is 320 g/mol. The highest BCUT2D eigenvalue weighted by atomic mass is 35.5. The Morgan fingerprint density at radius 2 is 1.90 bits per heavy atom. The van der Waals surface area contributed by atoms with Gasteiger partial charge in [-0.2, -0.15) is 0 Å². The van der Waals surface area contributed by atoms with Gasteiger partial charge in [-0.05, 0) is 32.0 Å². The maximum Gasteiger partial charge on any atom is 0.240 e. The standard InChI is InChI=1S/C13H20N2O3S.ClH/c1-3-7-14-8-9-15-19(17,18)13-6-4-5-12(10-13)11(2)16;/h4-6,10,14-15H,3,7-9H2,1-2H3;1H. The minimum absolute atomic E-state index is 0. The summed E-state index contributed by atoms with van der Waals surface area (Å²) in [6, 6.07) is 6.04. The Bertz CT molecular complexity index is 532. The summed E-state index contributed by atoms with van der Waals surface area (Å²) in [7, 11) is -3.55. The van der Waals surface area contributed by atoms with Gasteiger partial charge in [0.15, 0.2) is 5.78 Å². The van der Waals surface area contributed by atoms with Crippen molar-refractivity contribution in [3.63, 3.8) is 0 Å². The van der Waals surface area contributed by atoms with Crippen molar-refractivity contribution in [1.29, 1.82) is 0 Å². The molecule has 0 unspecified atom stereocenters. The third-order valence-electron chi connectivity index (χ3n) is 2.57. The molecule has 1 rings (SSSR count). The number of hydrogen-bond donors (Lipinski definition) is 2. The van der Waals surface area contributed by atoms with Crippen molar-refractivity contribution in [2.45, 2.75) is 25.2 Å². The van der Waals surface area contributed by atoms with Gasteiger partial charge in [-0.25, -0.2) is 13.1 Å². The molecule has 0 bridgehead atoms. The van der Waals surface area contributed by atoms with Crippen LogP contribution in [-0.4, -0.2) is 33.8 Å². The predicted molar refractivity (Wildman–Crippen MR) is 82.0 cm³/mol. The normalized spacial score (nSPS) is 10.9. The van der Waals surface area contributed by atoms with Gasteiger partial charge in [0.2, 0.25) is 10.0 Å². The third-order valence-corrected chi connectivity index (χ3v) is 4.03. The molecule has 5 nitrogen and oxygen atoms in total. The second kappa shape index (κ2) is 9.07. The topological polar surface area (TPSA) is 75.3 Å². The first-order valence-corrected chi connectivity index (χ1v) is 7.77. The van der Waals surface area contributed by atoms with E-state index < -0.39 is 10.0 Å². The zero-order valence-electron chi connectivity index (χ0n) is 11.7. The number of hydrogen-bond acceptors (Lipinski definition) is 4. The van der Waals surface area contributed by atoms with Gasteiger partial charge in [-0.3, -0.25) is 4.79 Å². The van der Waals surface area contributed by atoms with Crippen molar-refractivity contribution < 1.29 is 13.2 Å². The summed E-state index contributed by atoms with van der Waals surface area (Å²) < 4.78 is 26.5. The molecule has 2 N–H and O–H groups in total. The molecule has 0 aliphatic carbocycles. The molecule has 114 valence electrons. The molecular weight excluding hydrogens is 300 g/mol. The second-order valence-corrected chi connectivity index (χ2v) is 6.00. The number of nitrogens with one attached hydrogen (secondary N) is 2. The Hall–Kier alpha value is -0.950. The summed E-state index contributed by atoms with van der Waals surface area (Å²) in [4.78, 5) is 11.4. The average Bonchev–Trinajstić information content (AvgIpc) is 2.38. The molecule has 0 fully saturated rings. The van der Waals surface area contributed by atoms with Crippen LogP contribution in [0.1, 0.15) is 30.6 Å². The van der Waals surface area contributed by atoms with Crippen molar-refractivity contribution in [3.05, 3.63) is 29.8 Å². The van der Waals surface area contributed by atoms with Crippen LogP contribution in [0.3, 0.4) is 0 Å². The van der Waals surface area contributed by atoms with E-state index in [1.165, 1.54) is 19.1 Å². The second-order valence-electron chi connectivity index (χ2n) is 4.23. The Balaban J connectivity index is 0.00000361. The number of benzene rings is 1. The maximum atomic E-state index is 12.0. The van der Waals surface area contributed by atoms with Gasteiger partial charge in [-0.15, -0.1) is 12.4 Å². The van der Waals surface area contributed by atoms with E-state index in [0.717, 1.165) is 13.0 Å². The molecule has 0 radical (unpaired) electrons. The van der Waals surface area contributed by atoms with Crippen LogP contribution in [0.5, 0.6) is 0 Å². The highest BCUT2D eigenvalue weighted by Crippen LogP contribution is 2.11. The predicted octanol–water partition coefficient (Wildman–Crippen LogP) is 1.59. The molecule has 1 aromatic carbocycles. The largest absolute Gasteiger partial charge is 0.315 e. The SMILES string of the molecule is CCCNCCNS(=O)(=O)c1cccc(C(C)=O)c1.Cl. The van der Waals surface area contributed by atoms with Crippen LogP contribution in [0.4, 0.5) is 0 Å². The quantitative estimate of drug-likeness (QED) is 0.563. The van der Waals surface area contributed by atoms with Crippen molar-refractivity contribution >= 4 is 28.2 Å². The van der Waals surface area contributed by atoms with E-state index in [1.807, 2.05) is 6.92 Å². The molecule has 0 amide bonds. The summed E-state index contributed by atoms with van der Waals surface area (Å²) >= 11 is 0. The number of sulfonamides is 1. The first kappa shape index (κ1) is 19.1. The summed E-state index contributed by atoms with van der Waals surface area (Å²) in [6.45, 7) is 5.23. The zero-order valence-corrected chi connectivity index (χ0v) is 13.3. The molecule has 7 heteroatoms. The number of Topliss-reactive ketones (excluding diaryl/α,β-unsaturated/α-hetero) is 1. The number of rotatable bonds is 8. The average molecular weight is 321 g/mol. The highest BCUT2D eigenvalue weighted by molar-refractivity contribution is 7.89. The van der Waals surface area contributed by atoms with Crippen LogP contribution in [0.15, 0.2) is 29.2 Å². The van der Waals surface area contributed by atoms with Gasteiger partial charge < -0.3 is 5.32 Å². The Kier molecular flexibility index (Phi) is 8.64. The zero-order chi connectivity index (χ0) is 14.3. The lowest BCUT2D eigenvalue weighted by Crippen LogP contribution is -2.32. The highest BCUT2D eigenvalue weighted by Gasteiger charge is 2.14. The molecular formula is C13H21ClN2O3S. The molecule has 20 heavy (non-hydrogen) atoms. The van der Waals surface area contributed by atoms with Crippen LogP contribution < -0.4 is 10.0 Å². The molecule has 0 aromatic heterocycles. The lowest BCUT2D eigenvalue weighted by molar-refractivity contribution is 0.101. The molecule has 0 saturated heterocycles. The Morgan fingerprint density at radius 3 is 2.50 bits per heavy atom. The van der Waals surface area contributed by atoms with Gasteiger partial charge in [0, 0.05) is 18.7 Å². The van der Waals surface area contributed by atoms with E-state index in [9.17, 15) is 13.2 Å². The molecule has 0 spiro atoms. The first-order valence-electron chi connectivity index (χ1n) is 6.28. The van der Waals surface area contributed by atoms with Crippen LogP contribution in [-0.2, 0) is 10.0 Å². The van der Waals surface area contributed by atoms with E-state index >= 15 is 0 Å². The van der Waals surface area contributed by atoms with Crippen LogP contribution >= 0.6 is 12.4 Å². The number of carbonyl (C=O) groups is 1. The van der Waals surface area contributed by atoms with E-state index in [-0.39, 0.29) is 23.1 Å². The van der Waals surface area contributed by atoms with Crippen LogP contribution in [0, 0.1) is 0 Å². The molecule has 0 saturated carbocycles. The maximum absolute atomic E-state index is 12.0. The minimum atomic E-state index is -3.55. The Morgan fingerprint density at radius 1 is 1.20 bits per heavy atom. The summed E-state index contributed by atoms with van der Waals surface area (Å²) in [6.07, 6.45) is 1.01. The fourth-order valence-electron chi connectivity index (χ4n) is 1.54. The van der Waals surface area contributed by atoms with E-state index in [2.05, 4.69) is 10.0 Å². The summed E-state index contributed by atoms with van der Waals surface area (Å²) in [5, 5.41) is 3.11.